The van der Waals surface area contributed by atoms with Crippen LogP contribution in [0, 0.1) is 0 Å². The monoisotopic (exact) mass is 170 g/mol. The number of piperazine rings is 1. The van der Waals surface area contributed by atoms with Gasteiger partial charge in [-0.3, -0.25) is 9.69 Å². The van der Waals surface area contributed by atoms with E-state index in [1.807, 2.05) is 18.9 Å². The third-order valence-corrected chi connectivity index (χ3v) is 2.62. The lowest BCUT2D eigenvalue weighted by Crippen LogP contribution is -2.56. The molecular formula is C9H18N2O. The van der Waals surface area contributed by atoms with Crippen molar-refractivity contribution < 1.29 is 4.79 Å². The largest absolute Gasteiger partial charge is 0.338 e. The fourth-order valence-corrected chi connectivity index (χ4v) is 1.51. The molecule has 0 saturated carbocycles. The lowest BCUT2D eigenvalue weighted by molar-refractivity contribution is -0.142. The molecule has 1 heterocycles. The summed E-state index contributed by atoms with van der Waals surface area (Å²) in [5.41, 5.74) is 0. The van der Waals surface area contributed by atoms with Crippen molar-refractivity contribution >= 4 is 5.91 Å². The van der Waals surface area contributed by atoms with Crippen LogP contribution in [0.4, 0.5) is 0 Å². The Morgan fingerprint density at radius 3 is 2.50 bits per heavy atom. The fraction of sp³-hybridized carbons (Fsp3) is 0.889. The molecule has 1 amide bonds. The number of nitrogens with zero attached hydrogens (tertiary/aromatic N) is 2. The van der Waals surface area contributed by atoms with Gasteiger partial charge in [-0.1, -0.05) is 0 Å². The molecule has 12 heavy (non-hydrogen) atoms. The molecule has 3 nitrogen and oxygen atoms in total. The third-order valence-electron chi connectivity index (χ3n) is 2.62. The van der Waals surface area contributed by atoms with Crippen LogP contribution in [-0.4, -0.2) is 47.9 Å². The van der Waals surface area contributed by atoms with Gasteiger partial charge in [0.1, 0.15) is 0 Å². The van der Waals surface area contributed by atoms with Crippen molar-refractivity contribution in [3.8, 4) is 0 Å². The second-order valence-electron chi connectivity index (χ2n) is 3.78. The molecule has 0 spiro atoms. The van der Waals surface area contributed by atoms with E-state index in [9.17, 15) is 4.79 Å². The second kappa shape index (κ2) is 3.44. The molecule has 0 unspecified atom stereocenters. The topological polar surface area (TPSA) is 23.6 Å². The van der Waals surface area contributed by atoms with Gasteiger partial charge >= 0.3 is 0 Å². The maximum atomic E-state index is 11.7. The second-order valence-corrected chi connectivity index (χ2v) is 3.78. The Hall–Kier alpha value is -0.570. The summed E-state index contributed by atoms with van der Waals surface area (Å²) in [4.78, 5) is 15.7. The highest BCUT2D eigenvalue weighted by Gasteiger charge is 2.29. The zero-order valence-corrected chi connectivity index (χ0v) is 8.37. The van der Waals surface area contributed by atoms with Crippen LogP contribution in [0.3, 0.4) is 0 Å². The normalized spacial score (nSPS) is 26.9. The Bertz CT molecular complexity index is 179. The van der Waals surface area contributed by atoms with Crippen molar-refractivity contribution in [3.63, 3.8) is 0 Å². The first kappa shape index (κ1) is 9.52. The number of hydrogen-bond acceptors (Lipinski definition) is 2. The molecule has 0 aromatic heterocycles. The van der Waals surface area contributed by atoms with Crippen LogP contribution in [0.2, 0.25) is 0 Å². The van der Waals surface area contributed by atoms with E-state index in [0.717, 1.165) is 13.1 Å². The van der Waals surface area contributed by atoms with Crippen LogP contribution < -0.4 is 0 Å². The van der Waals surface area contributed by atoms with Gasteiger partial charge in [0.2, 0.25) is 5.91 Å². The SMILES string of the molecule is CC(C)N1CCN(C)[C@@H](C)C1=O. The minimum Gasteiger partial charge on any atom is -0.338 e. The Labute approximate surface area is 74.3 Å². The lowest BCUT2D eigenvalue weighted by atomic mass is 10.1. The lowest BCUT2D eigenvalue weighted by Gasteiger charge is -2.39. The molecule has 1 fully saturated rings. The number of carbonyl (C=O) groups is 1. The number of carbonyl (C=O) groups excluding carboxylic acids is 1. The maximum Gasteiger partial charge on any atom is 0.239 e. The molecule has 0 aromatic carbocycles. The molecule has 1 aliphatic rings. The summed E-state index contributed by atoms with van der Waals surface area (Å²) in [5.74, 6) is 0.263. The van der Waals surface area contributed by atoms with E-state index in [0.29, 0.717) is 6.04 Å². The Morgan fingerprint density at radius 2 is 2.00 bits per heavy atom. The first-order chi connectivity index (χ1) is 5.54. The average Bonchev–Trinajstić information content (AvgIpc) is 2.00. The van der Waals surface area contributed by atoms with E-state index in [1.54, 1.807) is 0 Å². The van der Waals surface area contributed by atoms with Crippen molar-refractivity contribution in [2.24, 2.45) is 0 Å². The molecule has 0 bridgehead atoms. The van der Waals surface area contributed by atoms with Crippen LogP contribution in [0.1, 0.15) is 20.8 Å². The Kier molecular flexibility index (Phi) is 2.73. The summed E-state index contributed by atoms with van der Waals surface area (Å²) in [6, 6.07) is 0.398. The van der Waals surface area contributed by atoms with Gasteiger partial charge in [-0.05, 0) is 27.8 Å². The maximum absolute atomic E-state index is 11.7. The molecule has 0 aliphatic carbocycles. The zero-order chi connectivity index (χ0) is 9.30. The first-order valence-electron chi connectivity index (χ1n) is 4.54. The summed E-state index contributed by atoms with van der Waals surface area (Å²) < 4.78 is 0. The van der Waals surface area contributed by atoms with Crippen LogP contribution in [0.25, 0.3) is 0 Å². The molecule has 1 aliphatic heterocycles. The first-order valence-corrected chi connectivity index (χ1v) is 4.54. The molecule has 3 heteroatoms. The van der Waals surface area contributed by atoms with E-state index in [1.165, 1.54) is 0 Å². The number of likely N-dealkylation sites (N-methyl/N-ethyl adjacent to an activating group) is 1. The van der Waals surface area contributed by atoms with Crippen LogP contribution in [0.15, 0.2) is 0 Å². The average molecular weight is 170 g/mol. The van der Waals surface area contributed by atoms with Crippen LogP contribution in [0.5, 0.6) is 0 Å². The number of rotatable bonds is 1. The van der Waals surface area contributed by atoms with E-state index < -0.39 is 0 Å². The van der Waals surface area contributed by atoms with Gasteiger partial charge in [-0.15, -0.1) is 0 Å². The Morgan fingerprint density at radius 1 is 1.42 bits per heavy atom. The summed E-state index contributed by atoms with van der Waals surface area (Å²) in [7, 11) is 2.00. The van der Waals surface area contributed by atoms with E-state index in [-0.39, 0.29) is 11.9 Å². The zero-order valence-electron chi connectivity index (χ0n) is 8.37. The Balaban J connectivity index is 2.65. The van der Waals surface area contributed by atoms with Crippen molar-refractivity contribution in [1.82, 2.24) is 9.80 Å². The smallest absolute Gasteiger partial charge is 0.239 e. The molecule has 0 aromatic rings. The van der Waals surface area contributed by atoms with Crippen molar-refractivity contribution in [3.05, 3.63) is 0 Å². The van der Waals surface area contributed by atoms with E-state index in [4.69, 9.17) is 0 Å². The molecule has 70 valence electrons. The summed E-state index contributed by atoms with van der Waals surface area (Å²) in [6.07, 6.45) is 0. The molecular weight excluding hydrogens is 152 g/mol. The molecule has 1 rings (SSSR count). The summed E-state index contributed by atoms with van der Waals surface area (Å²) >= 11 is 0. The van der Waals surface area contributed by atoms with Gasteiger partial charge < -0.3 is 4.90 Å². The molecule has 1 saturated heterocycles. The predicted molar refractivity (Wildman–Crippen MR) is 48.9 cm³/mol. The third kappa shape index (κ3) is 1.61. The summed E-state index contributed by atoms with van der Waals surface area (Å²) in [5, 5.41) is 0. The van der Waals surface area contributed by atoms with Gasteiger partial charge in [-0.25, -0.2) is 0 Å². The quantitative estimate of drug-likeness (QED) is 0.574. The number of hydrogen-bond donors (Lipinski definition) is 0. The van der Waals surface area contributed by atoms with Gasteiger partial charge in [0.25, 0.3) is 0 Å². The highest BCUT2D eigenvalue weighted by Crippen LogP contribution is 2.11. The van der Waals surface area contributed by atoms with Crippen molar-refractivity contribution in [2.45, 2.75) is 32.9 Å². The van der Waals surface area contributed by atoms with Crippen LogP contribution in [-0.2, 0) is 4.79 Å². The molecule has 1 atom stereocenters. The van der Waals surface area contributed by atoms with E-state index >= 15 is 0 Å². The highest BCUT2D eigenvalue weighted by atomic mass is 16.2. The van der Waals surface area contributed by atoms with Gasteiger partial charge in [0.15, 0.2) is 0 Å². The fourth-order valence-electron chi connectivity index (χ4n) is 1.51. The standard InChI is InChI=1S/C9H18N2O/c1-7(2)11-6-5-10(4)8(3)9(11)12/h7-8H,5-6H2,1-4H3/t8-/m0/s1. The summed E-state index contributed by atoms with van der Waals surface area (Å²) in [6.45, 7) is 7.96. The molecule has 0 radical (unpaired) electrons. The van der Waals surface area contributed by atoms with Crippen molar-refractivity contribution in [2.75, 3.05) is 20.1 Å². The minimum absolute atomic E-state index is 0.0566. The highest BCUT2D eigenvalue weighted by molar-refractivity contribution is 5.82. The minimum atomic E-state index is 0.0566. The van der Waals surface area contributed by atoms with Crippen molar-refractivity contribution in [1.29, 1.82) is 0 Å². The van der Waals surface area contributed by atoms with E-state index in [2.05, 4.69) is 18.7 Å². The molecule has 0 N–H and O–H groups in total. The van der Waals surface area contributed by atoms with Crippen LogP contribution >= 0.6 is 0 Å². The predicted octanol–water partition coefficient (Wildman–Crippen LogP) is 0.557. The van der Waals surface area contributed by atoms with Gasteiger partial charge in [0, 0.05) is 19.1 Å². The van der Waals surface area contributed by atoms with Gasteiger partial charge in [0.05, 0.1) is 6.04 Å². The number of amides is 1. The van der Waals surface area contributed by atoms with Gasteiger partial charge in [-0.2, -0.15) is 0 Å².